The van der Waals surface area contributed by atoms with Gasteiger partial charge in [-0.05, 0) is 36.5 Å². The smallest absolute Gasteiger partial charge is 0.409 e. The van der Waals surface area contributed by atoms with Crippen LogP contribution in [0.1, 0.15) is 12.0 Å². The van der Waals surface area contributed by atoms with Crippen LogP contribution in [0, 0.1) is 11.7 Å². The molecule has 2 rings (SSSR count). The molecule has 1 amide bonds. The minimum absolute atomic E-state index is 0.0294. The average molecular weight is 266 g/mol. The molecule has 2 N–H and O–H groups in total. The molecule has 0 bridgehead atoms. The Morgan fingerprint density at radius 2 is 2.11 bits per heavy atom. The van der Waals surface area contributed by atoms with E-state index in [1.165, 1.54) is 19.2 Å². The number of likely N-dealkylation sites (tertiary alicyclic amines) is 1. The zero-order valence-corrected chi connectivity index (χ0v) is 11.0. The number of methoxy groups -OCH3 is 1. The number of carbonyl (C=O) groups is 1. The molecule has 0 radical (unpaired) electrons. The molecular weight excluding hydrogens is 247 g/mol. The van der Waals surface area contributed by atoms with Crippen molar-refractivity contribution in [1.82, 2.24) is 4.90 Å². The van der Waals surface area contributed by atoms with Crippen LogP contribution in [-0.4, -0.2) is 37.2 Å². The minimum Gasteiger partial charge on any atom is -0.453 e. The van der Waals surface area contributed by atoms with E-state index in [9.17, 15) is 9.18 Å². The number of hydrogen-bond donors (Lipinski definition) is 1. The maximum absolute atomic E-state index is 12.9. The zero-order valence-electron chi connectivity index (χ0n) is 11.0. The van der Waals surface area contributed by atoms with E-state index in [1.807, 2.05) is 0 Å². The number of nitrogens with two attached hydrogens (primary N) is 1. The lowest BCUT2D eigenvalue weighted by Crippen LogP contribution is -2.49. The predicted octanol–water partition coefficient (Wildman–Crippen LogP) is 1.78. The van der Waals surface area contributed by atoms with Gasteiger partial charge in [-0.3, -0.25) is 0 Å². The molecule has 1 aliphatic heterocycles. The number of ether oxygens (including phenoxy) is 1. The van der Waals surface area contributed by atoms with E-state index in [2.05, 4.69) is 0 Å². The summed E-state index contributed by atoms with van der Waals surface area (Å²) >= 11 is 0. The Balaban J connectivity index is 1.99. The van der Waals surface area contributed by atoms with Gasteiger partial charge >= 0.3 is 6.09 Å². The molecule has 0 aliphatic carbocycles. The van der Waals surface area contributed by atoms with Gasteiger partial charge in [-0.2, -0.15) is 0 Å². The van der Waals surface area contributed by atoms with E-state index in [4.69, 9.17) is 10.5 Å². The Morgan fingerprint density at radius 1 is 1.42 bits per heavy atom. The zero-order chi connectivity index (χ0) is 13.8. The summed E-state index contributed by atoms with van der Waals surface area (Å²) in [5.74, 6) is 0.0496. The van der Waals surface area contributed by atoms with Gasteiger partial charge in [-0.15, -0.1) is 0 Å². The third-order valence-electron chi connectivity index (χ3n) is 3.44. The van der Waals surface area contributed by atoms with Gasteiger partial charge in [0.25, 0.3) is 0 Å². The van der Waals surface area contributed by atoms with Crippen molar-refractivity contribution in [3.8, 4) is 0 Å². The largest absolute Gasteiger partial charge is 0.453 e. The summed E-state index contributed by atoms with van der Waals surface area (Å²) in [6.07, 6.45) is 1.33. The lowest BCUT2D eigenvalue weighted by Gasteiger charge is -2.35. The van der Waals surface area contributed by atoms with Gasteiger partial charge in [-0.25, -0.2) is 9.18 Å². The maximum Gasteiger partial charge on any atom is 0.409 e. The molecular formula is C14H19FN2O2. The van der Waals surface area contributed by atoms with Gasteiger partial charge in [0.1, 0.15) is 5.82 Å². The molecule has 4 nitrogen and oxygen atoms in total. The van der Waals surface area contributed by atoms with Crippen molar-refractivity contribution in [2.24, 2.45) is 11.7 Å². The molecule has 104 valence electrons. The normalized spacial score (nSPS) is 23.2. The molecule has 5 heteroatoms. The van der Waals surface area contributed by atoms with E-state index in [0.29, 0.717) is 13.1 Å². The van der Waals surface area contributed by atoms with Gasteiger partial charge in [0, 0.05) is 19.1 Å². The predicted molar refractivity (Wildman–Crippen MR) is 70.2 cm³/mol. The monoisotopic (exact) mass is 266 g/mol. The lowest BCUT2D eigenvalue weighted by atomic mass is 9.89. The average Bonchev–Trinajstić information content (AvgIpc) is 2.40. The van der Waals surface area contributed by atoms with Crippen LogP contribution in [0.3, 0.4) is 0 Å². The Bertz CT molecular complexity index is 436. The fourth-order valence-corrected chi connectivity index (χ4v) is 2.63. The Hall–Kier alpha value is -1.62. The van der Waals surface area contributed by atoms with Gasteiger partial charge < -0.3 is 15.4 Å². The molecule has 19 heavy (non-hydrogen) atoms. The fraction of sp³-hybridized carbons (Fsp3) is 0.500. The van der Waals surface area contributed by atoms with Crippen molar-refractivity contribution < 1.29 is 13.9 Å². The van der Waals surface area contributed by atoms with Crippen LogP contribution in [-0.2, 0) is 11.2 Å². The molecule has 1 aromatic carbocycles. The second-order valence-corrected chi connectivity index (χ2v) is 5.07. The lowest BCUT2D eigenvalue weighted by molar-refractivity contribution is 0.0962. The first kappa shape index (κ1) is 13.8. The summed E-state index contributed by atoms with van der Waals surface area (Å²) in [4.78, 5) is 13.2. The highest BCUT2D eigenvalue weighted by Gasteiger charge is 2.28. The van der Waals surface area contributed by atoms with Crippen LogP contribution in [0.15, 0.2) is 24.3 Å². The maximum atomic E-state index is 12.9. The summed E-state index contributed by atoms with van der Waals surface area (Å²) in [7, 11) is 1.37. The van der Waals surface area contributed by atoms with E-state index >= 15 is 0 Å². The Kier molecular flexibility index (Phi) is 4.37. The van der Waals surface area contributed by atoms with Crippen molar-refractivity contribution in [1.29, 1.82) is 0 Å². The summed E-state index contributed by atoms with van der Waals surface area (Å²) in [6, 6.07) is 6.43. The number of rotatable bonds is 2. The molecule has 1 fully saturated rings. The molecule has 0 spiro atoms. The molecule has 1 saturated heterocycles. The Morgan fingerprint density at radius 3 is 2.74 bits per heavy atom. The number of amides is 1. The highest BCUT2D eigenvalue weighted by Crippen LogP contribution is 2.21. The molecule has 0 aromatic heterocycles. The summed E-state index contributed by atoms with van der Waals surface area (Å²) in [5, 5.41) is 0. The summed E-state index contributed by atoms with van der Waals surface area (Å²) in [6.45, 7) is 1.17. The summed E-state index contributed by atoms with van der Waals surface area (Å²) < 4.78 is 17.6. The van der Waals surface area contributed by atoms with Crippen LogP contribution in [0.4, 0.5) is 9.18 Å². The van der Waals surface area contributed by atoms with Crippen molar-refractivity contribution in [3.05, 3.63) is 35.6 Å². The van der Waals surface area contributed by atoms with E-state index in [1.54, 1.807) is 17.0 Å². The van der Waals surface area contributed by atoms with E-state index < -0.39 is 0 Å². The SMILES string of the molecule is COC(=O)N1CC(N)CC(Cc2ccc(F)cc2)C1. The van der Waals surface area contributed by atoms with Crippen LogP contribution in [0.5, 0.6) is 0 Å². The van der Waals surface area contributed by atoms with Crippen LogP contribution in [0.2, 0.25) is 0 Å². The third kappa shape index (κ3) is 3.67. The molecule has 1 aromatic rings. The van der Waals surface area contributed by atoms with Crippen LogP contribution >= 0.6 is 0 Å². The number of benzene rings is 1. The van der Waals surface area contributed by atoms with Gasteiger partial charge in [0.15, 0.2) is 0 Å². The standard InChI is InChI=1S/C14H19FN2O2/c1-19-14(18)17-8-11(7-13(16)9-17)6-10-2-4-12(15)5-3-10/h2-5,11,13H,6-9,16H2,1H3. The Labute approximate surface area is 112 Å². The van der Waals surface area contributed by atoms with Crippen molar-refractivity contribution in [2.45, 2.75) is 18.9 Å². The minimum atomic E-state index is -0.334. The van der Waals surface area contributed by atoms with Gasteiger partial charge in [0.2, 0.25) is 0 Å². The van der Waals surface area contributed by atoms with Gasteiger partial charge in [-0.1, -0.05) is 12.1 Å². The topological polar surface area (TPSA) is 55.6 Å². The quantitative estimate of drug-likeness (QED) is 0.887. The number of nitrogens with zero attached hydrogens (tertiary/aromatic N) is 1. The molecule has 2 atom stereocenters. The number of piperidine rings is 1. The van der Waals surface area contributed by atoms with Crippen molar-refractivity contribution in [3.63, 3.8) is 0 Å². The van der Waals surface area contributed by atoms with Crippen LogP contribution in [0.25, 0.3) is 0 Å². The molecule has 0 saturated carbocycles. The van der Waals surface area contributed by atoms with Crippen molar-refractivity contribution >= 4 is 6.09 Å². The third-order valence-corrected chi connectivity index (χ3v) is 3.44. The van der Waals surface area contributed by atoms with E-state index in [-0.39, 0.29) is 23.9 Å². The van der Waals surface area contributed by atoms with Gasteiger partial charge in [0.05, 0.1) is 7.11 Å². The molecule has 1 heterocycles. The second-order valence-electron chi connectivity index (χ2n) is 5.07. The van der Waals surface area contributed by atoms with Crippen molar-refractivity contribution in [2.75, 3.05) is 20.2 Å². The first-order chi connectivity index (χ1) is 9.08. The first-order valence-electron chi connectivity index (χ1n) is 6.41. The van der Waals surface area contributed by atoms with Crippen LogP contribution < -0.4 is 5.73 Å². The molecule has 1 aliphatic rings. The second kappa shape index (κ2) is 6.02. The summed E-state index contributed by atoms with van der Waals surface area (Å²) in [5.41, 5.74) is 7.04. The number of hydrogen-bond acceptors (Lipinski definition) is 3. The van der Waals surface area contributed by atoms with E-state index in [0.717, 1.165) is 18.4 Å². The number of halogens is 1. The number of carbonyl (C=O) groups excluding carboxylic acids is 1. The molecule has 2 unspecified atom stereocenters. The highest BCUT2D eigenvalue weighted by molar-refractivity contribution is 5.67. The highest BCUT2D eigenvalue weighted by atomic mass is 19.1. The fourth-order valence-electron chi connectivity index (χ4n) is 2.63. The first-order valence-corrected chi connectivity index (χ1v) is 6.41.